The molecule has 0 radical (unpaired) electrons. The Morgan fingerprint density at radius 1 is 1.62 bits per heavy atom. The van der Waals surface area contributed by atoms with E-state index in [9.17, 15) is 9.59 Å². The molecule has 2 fully saturated rings. The van der Waals surface area contributed by atoms with Crippen LogP contribution >= 0.6 is 0 Å². The molecule has 2 atom stereocenters. The number of amides is 1. The summed E-state index contributed by atoms with van der Waals surface area (Å²) < 4.78 is 4.92. The van der Waals surface area contributed by atoms with Gasteiger partial charge in [0.15, 0.2) is 5.54 Å². The van der Waals surface area contributed by atoms with Crippen molar-refractivity contribution < 1.29 is 14.3 Å². The van der Waals surface area contributed by atoms with E-state index < -0.39 is 5.54 Å². The first-order chi connectivity index (χ1) is 6.04. The van der Waals surface area contributed by atoms with E-state index >= 15 is 0 Å². The molecule has 2 rings (SSSR count). The van der Waals surface area contributed by atoms with Crippen LogP contribution in [0.15, 0.2) is 0 Å². The van der Waals surface area contributed by atoms with Crippen LogP contribution in [0.5, 0.6) is 0 Å². The van der Waals surface area contributed by atoms with Crippen LogP contribution in [0.4, 0.5) is 0 Å². The number of nitrogens with one attached hydrogen (secondary N) is 1. The van der Waals surface area contributed by atoms with Crippen LogP contribution in [0.1, 0.15) is 26.7 Å². The molecule has 0 aromatic carbocycles. The highest BCUT2D eigenvalue weighted by atomic mass is 16.6. The predicted octanol–water partition coefficient (Wildman–Crippen LogP) is 0.217. The summed E-state index contributed by atoms with van der Waals surface area (Å²) in [6.45, 7) is 4.06. The van der Waals surface area contributed by atoms with Crippen LogP contribution in [0.3, 0.4) is 0 Å². The maximum atomic E-state index is 11.3. The van der Waals surface area contributed by atoms with E-state index in [1.807, 2.05) is 13.8 Å². The van der Waals surface area contributed by atoms with Gasteiger partial charge in [0.25, 0.3) is 0 Å². The molecule has 0 aromatic rings. The summed E-state index contributed by atoms with van der Waals surface area (Å²) in [6, 6.07) is 0. The second-order valence-corrected chi connectivity index (χ2v) is 4.22. The number of hydrogen-bond acceptors (Lipinski definition) is 3. The fourth-order valence-electron chi connectivity index (χ4n) is 2.13. The van der Waals surface area contributed by atoms with Gasteiger partial charge in [0, 0.05) is 0 Å². The van der Waals surface area contributed by atoms with E-state index in [1.54, 1.807) is 0 Å². The molecule has 0 unspecified atom stereocenters. The zero-order chi connectivity index (χ0) is 9.64. The Morgan fingerprint density at radius 2 is 2.31 bits per heavy atom. The number of rotatable bonds is 2. The van der Waals surface area contributed by atoms with Crippen LogP contribution in [0.2, 0.25) is 0 Å². The van der Waals surface area contributed by atoms with E-state index in [2.05, 4.69) is 5.32 Å². The number of ether oxygens (including phenoxy) is 1. The van der Waals surface area contributed by atoms with Crippen LogP contribution in [-0.2, 0) is 14.3 Å². The normalized spacial score (nSPS) is 36.7. The largest absolute Gasteiger partial charge is 0.457 e. The van der Waals surface area contributed by atoms with Gasteiger partial charge in [-0.1, -0.05) is 13.8 Å². The summed E-state index contributed by atoms with van der Waals surface area (Å²) in [6.07, 6.45) is 0.802. The van der Waals surface area contributed by atoms with Crippen LogP contribution in [-0.4, -0.2) is 23.5 Å². The molecule has 1 N–H and O–H groups in total. The van der Waals surface area contributed by atoms with Gasteiger partial charge in [-0.05, 0) is 12.3 Å². The lowest BCUT2D eigenvalue weighted by Gasteiger charge is -2.42. The monoisotopic (exact) mass is 183 g/mol. The zero-order valence-electron chi connectivity index (χ0n) is 7.79. The zero-order valence-corrected chi connectivity index (χ0v) is 7.79. The third-order valence-corrected chi connectivity index (χ3v) is 2.63. The maximum Gasteiger partial charge on any atom is 0.336 e. The van der Waals surface area contributed by atoms with Crippen molar-refractivity contribution in [2.75, 3.05) is 0 Å². The van der Waals surface area contributed by atoms with Crippen molar-refractivity contribution in [3.05, 3.63) is 0 Å². The summed E-state index contributed by atoms with van der Waals surface area (Å²) >= 11 is 0. The highest BCUT2D eigenvalue weighted by Crippen LogP contribution is 2.39. The Balaban J connectivity index is 2.18. The molecular weight excluding hydrogens is 170 g/mol. The van der Waals surface area contributed by atoms with E-state index in [-0.39, 0.29) is 18.0 Å². The smallest absolute Gasteiger partial charge is 0.336 e. The van der Waals surface area contributed by atoms with Gasteiger partial charge in [0.1, 0.15) is 6.10 Å². The number of carbonyl (C=O) groups excluding carboxylic acids is 2. The van der Waals surface area contributed by atoms with E-state index in [1.165, 1.54) is 0 Å². The second-order valence-electron chi connectivity index (χ2n) is 4.22. The summed E-state index contributed by atoms with van der Waals surface area (Å²) in [7, 11) is 0. The Bertz CT molecular complexity index is 274. The van der Waals surface area contributed by atoms with Gasteiger partial charge < -0.3 is 10.1 Å². The average molecular weight is 183 g/mol. The molecule has 2 saturated heterocycles. The first kappa shape index (κ1) is 8.53. The first-order valence-corrected chi connectivity index (χ1v) is 4.57. The highest BCUT2D eigenvalue weighted by molar-refractivity contribution is 5.98. The van der Waals surface area contributed by atoms with Gasteiger partial charge >= 0.3 is 5.97 Å². The van der Waals surface area contributed by atoms with E-state index in [0.29, 0.717) is 18.8 Å². The second kappa shape index (κ2) is 2.47. The van der Waals surface area contributed by atoms with Crippen LogP contribution < -0.4 is 5.32 Å². The Labute approximate surface area is 76.6 Å². The van der Waals surface area contributed by atoms with Crippen LogP contribution in [0.25, 0.3) is 0 Å². The lowest BCUT2D eigenvalue weighted by atomic mass is 9.81. The molecule has 2 aliphatic heterocycles. The number of hydrogen-bond donors (Lipinski definition) is 1. The minimum atomic E-state index is -0.675. The first-order valence-electron chi connectivity index (χ1n) is 4.57. The molecule has 0 saturated carbocycles. The van der Waals surface area contributed by atoms with Gasteiger partial charge in [-0.2, -0.15) is 0 Å². The molecule has 4 heteroatoms. The van der Waals surface area contributed by atoms with E-state index in [0.717, 1.165) is 0 Å². The number of carbonyl (C=O) groups is 2. The molecule has 2 heterocycles. The molecular formula is C9H13NO3. The molecule has 0 aromatic heterocycles. The molecule has 0 aliphatic carbocycles. The maximum absolute atomic E-state index is 11.3. The minimum Gasteiger partial charge on any atom is -0.457 e. The van der Waals surface area contributed by atoms with Crippen molar-refractivity contribution in [1.82, 2.24) is 5.32 Å². The third kappa shape index (κ3) is 1.04. The molecule has 0 spiro atoms. The topological polar surface area (TPSA) is 55.4 Å². The van der Waals surface area contributed by atoms with Gasteiger partial charge in [-0.15, -0.1) is 0 Å². The predicted molar refractivity (Wildman–Crippen MR) is 44.8 cm³/mol. The van der Waals surface area contributed by atoms with Crippen molar-refractivity contribution in [3.8, 4) is 0 Å². The Kier molecular flexibility index (Phi) is 1.62. The van der Waals surface area contributed by atoms with Crippen molar-refractivity contribution in [2.24, 2.45) is 5.92 Å². The lowest BCUT2D eigenvalue weighted by molar-refractivity contribution is -0.189. The number of fused-ring (bicyclic) bond motifs is 1. The summed E-state index contributed by atoms with van der Waals surface area (Å²) in [4.78, 5) is 22.4. The Morgan fingerprint density at radius 3 is 2.77 bits per heavy atom. The van der Waals surface area contributed by atoms with Gasteiger partial charge in [-0.25, -0.2) is 4.79 Å². The van der Waals surface area contributed by atoms with Gasteiger partial charge in [0.2, 0.25) is 5.91 Å². The van der Waals surface area contributed by atoms with Gasteiger partial charge in [0.05, 0.1) is 6.42 Å². The summed E-state index contributed by atoms with van der Waals surface area (Å²) in [5.74, 6) is 0.0438. The summed E-state index contributed by atoms with van der Waals surface area (Å²) in [5, 5.41) is 2.73. The molecule has 72 valence electrons. The SMILES string of the molecule is CC(C)C[C@@]12NC(=O)C[C@@H]1OC2=O. The average Bonchev–Trinajstić information content (AvgIpc) is 2.24. The standard InChI is InChI=1S/C9H13NO3/c1-5(2)4-9-6(13-8(9)12)3-7(11)10-9/h5-6H,3-4H2,1-2H3,(H,10,11)/t6-,9+/m0/s1. The van der Waals surface area contributed by atoms with Gasteiger partial charge in [-0.3, -0.25) is 4.79 Å². The fourth-order valence-corrected chi connectivity index (χ4v) is 2.13. The molecule has 1 amide bonds. The quantitative estimate of drug-likeness (QED) is 0.623. The Hall–Kier alpha value is -1.06. The molecule has 4 nitrogen and oxygen atoms in total. The van der Waals surface area contributed by atoms with Crippen molar-refractivity contribution >= 4 is 11.9 Å². The highest BCUT2D eigenvalue weighted by Gasteiger charge is 2.63. The third-order valence-electron chi connectivity index (χ3n) is 2.63. The van der Waals surface area contributed by atoms with Crippen molar-refractivity contribution in [2.45, 2.75) is 38.3 Å². The molecule has 0 bridgehead atoms. The lowest BCUT2D eigenvalue weighted by Crippen LogP contribution is -2.66. The van der Waals surface area contributed by atoms with Crippen molar-refractivity contribution in [3.63, 3.8) is 0 Å². The number of esters is 1. The molecule has 2 aliphatic rings. The fraction of sp³-hybridized carbons (Fsp3) is 0.778. The minimum absolute atomic E-state index is 0.0727. The summed E-state index contributed by atoms with van der Waals surface area (Å²) in [5.41, 5.74) is -0.675. The van der Waals surface area contributed by atoms with Crippen LogP contribution in [0, 0.1) is 5.92 Å². The van der Waals surface area contributed by atoms with Crippen molar-refractivity contribution in [1.29, 1.82) is 0 Å². The molecule has 13 heavy (non-hydrogen) atoms. The van der Waals surface area contributed by atoms with E-state index in [4.69, 9.17) is 4.74 Å².